The topological polar surface area (TPSA) is 3.24 Å². The monoisotopic (exact) mass is 281 g/mol. The number of rotatable bonds is 3. The van der Waals surface area contributed by atoms with Crippen molar-refractivity contribution < 1.29 is 1.37 Å². The summed E-state index contributed by atoms with van der Waals surface area (Å²) in [6.45, 7) is 9.02. The molecule has 0 unspecified atom stereocenters. The Hall–Kier alpha value is -1.76. The van der Waals surface area contributed by atoms with E-state index < -0.39 is 0 Å². The molecule has 0 saturated heterocycles. The number of nitrogens with zero attached hydrogens (tertiary/aromatic N) is 1. The first-order chi connectivity index (χ1) is 10.5. The van der Waals surface area contributed by atoms with E-state index in [1.807, 2.05) is 12.1 Å². The molecular weight excluding hydrogens is 254 g/mol. The molecule has 0 aliphatic carbocycles. The average Bonchev–Trinajstić information content (AvgIpc) is 2.79. The highest BCUT2D eigenvalue weighted by atomic mass is 15.2. The van der Waals surface area contributed by atoms with E-state index in [-0.39, 0.29) is 0 Å². The molecule has 1 aliphatic heterocycles. The zero-order valence-electron chi connectivity index (χ0n) is 14.4. The van der Waals surface area contributed by atoms with Crippen LogP contribution in [0.2, 0.25) is 0 Å². The second-order valence-electron chi connectivity index (χ2n) is 6.27. The van der Waals surface area contributed by atoms with Crippen LogP contribution in [-0.2, 0) is 0 Å². The smallest absolute Gasteiger partial charge is 0.0626 e. The molecule has 0 saturated carbocycles. The fraction of sp³-hybridized carbons (Fsp3) is 0.400. The van der Waals surface area contributed by atoms with Crippen LogP contribution in [-0.4, -0.2) is 6.04 Å². The van der Waals surface area contributed by atoms with Crippen LogP contribution in [0.4, 0.5) is 11.4 Å². The molecule has 0 N–H and O–H groups in total. The SMILES string of the molecule is [3H]c1cccc2c1[C@H](C)[C@H](C)N2c1cccc([C@H](C)CC)c1. The third-order valence-electron chi connectivity index (χ3n) is 5.04. The number of fused-ring (bicyclic) bond motifs is 1. The Balaban J connectivity index is 2.08. The Kier molecular flexibility index (Phi) is 3.42. The lowest BCUT2D eigenvalue weighted by Crippen LogP contribution is -2.25. The van der Waals surface area contributed by atoms with E-state index in [0.717, 1.165) is 6.42 Å². The number of benzene rings is 2. The van der Waals surface area contributed by atoms with Gasteiger partial charge in [-0.1, -0.05) is 51.1 Å². The van der Waals surface area contributed by atoms with E-state index in [2.05, 4.69) is 62.9 Å². The van der Waals surface area contributed by atoms with Crippen LogP contribution in [0.5, 0.6) is 0 Å². The van der Waals surface area contributed by atoms with Crippen molar-refractivity contribution in [2.24, 2.45) is 0 Å². The molecule has 2 aromatic rings. The van der Waals surface area contributed by atoms with Crippen LogP contribution in [0.25, 0.3) is 0 Å². The summed E-state index contributed by atoms with van der Waals surface area (Å²) in [5.74, 6) is 0.966. The van der Waals surface area contributed by atoms with Gasteiger partial charge in [0.15, 0.2) is 0 Å². The fourth-order valence-corrected chi connectivity index (χ4v) is 3.29. The molecule has 1 aliphatic rings. The van der Waals surface area contributed by atoms with Crippen LogP contribution in [0.1, 0.15) is 58.4 Å². The maximum atomic E-state index is 8.24. The van der Waals surface area contributed by atoms with Gasteiger partial charge in [0.25, 0.3) is 0 Å². The first kappa shape index (κ1) is 12.9. The molecule has 21 heavy (non-hydrogen) atoms. The molecule has 3 rings (SSSR count). The zero-order chi connectivity index (χ0) is 15.9. The van der Waals surface area contributed by atoms with Crippen molar-refractivity contribution in [3.05, 3.63) is 59.6 Å². The molecule has 1 nitrogen and oxygen atoms in total. The van der Waals surface area contributed by atoms with Gasteiger partial charge in [-0.25, -0.2) is 0 Å². The highest BCUT2D eigenvalue weighted by Crippen LogP contribution is 2.45. The molecule has 0 amide bonds. The van der Waals surface area contributed by atoms with Crippen LogP contribution in [0.15, 0.2) is 48.5 Å². The molecule has 110 valence electrons. The molecule has 0 spiro atoms. The van der Waals surface area contributed by atoms with E-state index in [1.165, 1.54) is 22.5 Å². The average molecular weight is 281 g/mol. The van der Waals surface area contributed by atoms with Crippen LogP contribution >= 0.6 is 0 Å². The summed E-state index contributed by atoms with van der Waals surface area (Å²) < 4.78 is 8.24. The maximum absolute atomic E-state index is 8.24. The van der Waals surface area contributed by atoms with Crippen LogP contribution < -0.4 is 4.90 Å². The number of hydrogen-bond acceptors (Lipinski definition) is 1. The summed E-state index contributed by atoms with van der Waals surface area (Å²) >= 11 is 0. The minimum Gasteiger partial charge on any atom is -0.338 e. The van der Waals surface area contributed by atoms with Gasteiger partial charge >= 0.3 is 0 Å². The minimum absolute atomic E-state index is 0.383. The third kappa shape index (κ3) is 2.35. The first-order valence-corrected chi connectivity index (χ1v) is 8.03. The van der Waals surface area contributed by atoms with Gasteiger partial charge in [0, 0.05) is 23.3 Å². The van der Waals surface area contributed by atoms with Gasteiger partial charge in [-0.3, -0.25) is 0 Å². The summed E-state index contributed by atoms with van der Waals surface area (Å²) in [7, 11) is 0. The molecule has 1 heterocycles. The second-order valence-corrected chi connectivity index (χ2v) is 6.27. The van der Waals surface area contributed by atoms with E-state index in [4.69, 9.17) is 1.37 Å². The Labute approximate surface area is 130 Å². The predicted molar refractivity (Wildman–Crippen MR) is 91.6 cm³/mol. The lowest BCUT2D eigenvalue weighted by molar-refractivity contribution is 0.641. The molecule has 0 radical (unpaired) electrons. The predicted octanol–water partition coefficient (Wildman–Crippen LogP) is 5.84. The minimum atomic E-state index is 0.383. The Morgan fingerprint density at radius 1 is 1.19 bits per heavy atom. The van der Waals surface area contributed by atoms with Crippen molar-refractivity contribution >= 4 is 11.4 Å². The Bertz CT molecular complexity index is 679. The molecule has 2 aromatic carbocycles. The lowest BCUT2D eigenvalue weighted by atomic mass is 9.97. The quantitative estimate of drug-likeness (QED) is 0.682. The van der Waals surface area contributed by atoms with Gasteiger partial charge in [0.1, 0.15) is 0 Å². The number of hydrogen-bond donors (Lipinski definition) is 0. The van der Waals surface area contributed by atoms with E-state index in [0.29, 0.717) is 23.9 Å². The van der Waals surface area contributed by atoms with E-state index in [9.17, 15) is 0 Å². The van der Waals surface area contributed by atoms with Gasteiger partial charge in [0.05, 0.1) is 1.37 Å². The van der Waals surface area contributed by atoms with Crippen molar-refractivity contribution in [3.8, 4) is 0 Å². The fourth-order valence-electron chi connectivity index (χ4n) is 3.29. The van der Waals surface area contributed by atoms with Gasteiger partial charge in [0.2, 0.25) is 0 Å². The summed E-state index contributed by atoms with van der Waals surface area (Å²) in [6.07, 6.45) is 1.16. The summed E-state index contributed by atoms with van der Waals surface area (Å²) in [5, 5.41) is 0. The molecule has 0 fully saturated rings. The van der Waals surface area contributed by atoms with Crippen molar-refractivity contribution in [3.63, 3.8) is 0 Å². The summed E-state index contributed by atoms with van der Waals surface area (Å²) in [4.78, 5) is 2.41. The van der Waals surface area contributed by atoms with Gasteiger partial charge < -0.3 is 4.90 Å². The van der Waals surface area contributed by atoms with Crippen LogP contribution in [0, 0.1) is 0 Å². The molecule has 3 atom stereocenters. The second kappa shape index (κ2) is 5.55. The number of para-hydroxylation sites is 1. The van der Waals surface area contributed by atoms with Crippen molar-refractivity contribution in [1.29, 1.82) is 0 Å². The van der Waals surface area contributed by atoms with E-state index in [1.54, 1.807) is 0 Å². The van der Waals surface area contributed by atoms with Gasteiger partial charge in [-0.05, 0) is 48.6 Å². The highest BCUT2D eigenvalue weighted by Gasteiger charge is 2.33. The molecule has 1 heteroatoms. The summed E-state index contributed by atoms with van der Waals surface area (Å²) in [6, 6.07) is 16.0. The highest BCUT2D eigenvalue weighted by molar-refractivity contribution is 5.72. The maximum Gasteiger partial charge on any atom is 0.0626 e. The summed E-state index contributed by atoms with van der Waals surface area (Å²) in [5.41, 5.74) is 5.04. The molecule has 0 bridgehead atoms. The number of anilines is 2. The van der Waals surface area contributed by atoms with Crippen LogP contribution in [0.3, 0.4) is 0 Å². The lowest BCUT2D eigenvalue weighted by Gasteiger charge is -2.27. The normalized spacial score (nSPS) is 22.9. The van der Waals surface area contributed by atoms with E-state index >= 15 is 0 Å². The van der Waals surface area contributed by atoms with Crippen molar-refractivity contribution in [1.82, 2.24) is 0 Å². The zero-order valence-corrected chi connectivity index (χ0v) is 13.4. The Morgan fingerprint density at radius 2 is 2.00 bits per heavy atom. The first-order valence-electron chi connectivity index (χ1n) is 8.53. The van der Waals surface area contributed by atoms with Crippen molar-refractivity contribution in [2.45, 2.75) is 52.0 Å². The third-order valence-corrected chi connectivity index (χ3v) is 5.04. The molecular formula is C20H25N. The van der Waals surface area contributed by atoms with Gasteiger partial charge in [-0.15, -0.1) is 0 Å². The van der Waals surface area contributed by atoms with Crippen molar-refractivity contribution in [2.75, 3.05) is 4.90 Å². The Morgan fingerprint density at radius 3 is 2.76 bits per heavy atom. The van der Waals surface area contributed by atoms with Gasteiger partial charge in [-0.2, -0.15) is 0 Å². The largest absolute Gasteiger partial charge is 0.338 e. The molecule has 0 aromatic heterocycles. The standard InChI is InChI=1S/C20H25N/c1-5-14(2)17-9-8-10-18(13-17)21-16(4)15(3)19-11-6-7-12-20(19)21/h6-16H,5H2,1-4H3/t14-,15-,16+/m1/s1/i11T.